The number of nitrogens with zero attached hydrogens (tertiary/aromatic N) is 1. The fourth-order valence-corrected chi connectivity index (χ4v) is 7.37. The van der Waals surface area contributed by atoms with Gasteiger partial charge in [-0.25, -0.2) is 0 Å². The Hall–Kier alpha value is -4.54. The average Bonchev–Trinajstić information content (AvgIpc) is 3.08. The van der Waals surface area contributed by atoms with Gasteiger partial charge in [0.05, 0.1) is 0 Å². The van der Waals surface area contributed by atoms with E-state index in [1.807, 2.05) is 14.1 Å². The Morgan fingerprint density at radius 2 is 0.702 bits per heavy atom. The molecule has 0 radical (unpaired) electrons. The van der Waals surface area contributed by atoms with Gasteiger partial charge in [0.25, 0.3) is 0 Å². The quantitative estimate of drug-likeness (QED) is 0.165. The van der Waals surface area contributed by atoms with Crippen LogP contribution in [0.2, 0.25) is 0 Å². The zero-order valence-electron chi connectivity index (χ0n) is 38.1. The molecule has 0 saturated heterocycles. The smallest absolute Gasteiger partial charge is 0.135 e. The maximum atomic E-state index is 12.5. The van der Waals surface area contributed by atoms with Crippen molar-refractivity contribution < 1.29 is 14.9 Å². The van der Waals surface area contributed by atoms with E-state index in [1.165, 1.54) is 22.3 Å². The summed E-state index contributed by atoms with van der Waals surface area (Å²) in [5.74, 6) is 1.06. The lowest BCUT2D eigenvalue weighted by Gasteiger charge is -2.27. The third-order valence-electron chi connectivity index (χ3n) is 11.1. The maximum absolute atomic E-state index is 12.5. The van der Waals surface area contributed by atoms with Crippen molar-refractivity contribution in [3.63, 3.8) is 0 Å². The number of rotatable bonds is 8. The van der Waals surface area contributed by atoms with E-state index < -0.39 is 0 Å². The zero-order valence-corrected chi connectivity index (χ0v) is 38.1. The number of benzene rings is 5. The fourth-order valence-electron chi connectivity index (χ4n) is 7.37. The lowest BCUT2D eigenvalue weighted by Crippen LogP contribution is -2.19. The molecule has 0 amide bonds. The van der Waals surface area contributed by atoms with Crippen molar-refractivity contribution >= 4 is 0 Å². The number of aromatic hydroxyl groups is 2. The second kappa shape index (κ2) is 15.7. The van der Waals surface area contributed by atoms with Crippen LogP contribution in [0.4, 0.5) is 0 Å². The van der Waals surface area contributed by atoms with Crippen LogP contribution in [0.3, 0.4) is 0 Å². The van der Waals surface area contributed by atoms with E-state index in [0.717, 1.165) is 50.1 Å². The monoisotopic (exact) mass is 768 g/mol. The van der Waals surface area contributed by atoms with Gasteiger partial charge in [-0.3, -0.25) is 0 Å². The molecule has 5 aromatic carbocycles. The zero-order chi connectivity index (χ0) is 42.6. The molecular weight excluding hydrogens is 699 g/mol. The molecule has 0 aromatic heterocycles. The first-order valence-corrected chi connectivity index (χ1v) is 20.6. The van der Waals surface area contributed by atoms with Gasteiger partial charge in [-0.05, 0) is 143 Å². The number of hydrogen-bond acceptors (Lipinski definition) is 4. The van der Waals surface area contributed by atoms with Crippen LogP contribution < -0.4 is 4.74 Å². The molecule has 0 spiro atoms. The van der Waals surface area contributed by atoms with Crippen LogP contribution in [-0.2, 0) is 21.7 Å². The number of phenolic OH excluding ortho intramolecular Hbond substituents is 2. The number of likely N-dealkylation sites (N-methyl/N-ethyl adjacent to an activating group) is 1. The molecule has 304 valence electrons. The molecule has 0 saturated carbocycles. The molecule has 2 N–H and O–H groups in total. The summed E-state index contributed by atoms with van der Waals surface area (Å²) in [6, 6.07) is 26.1. The minimum absolute atomic E-state index is 0.0752. The van der Waals surface area contributed by atoms with Crippen molar-refractivity contribution in [2.75, 3.05) is 27.2 Å². The molecule has 0 aliphatic heterocycles. The summed E-state index contributed by atoms with van der Waals surface area (Å²) < 4.78 is 6.82. The Kier molecular flexibility index (Phi) is 12.0. The average molecular weight is 768 g/mol. The SMILES string of the molecule is Cc1cc(-c2cc(C(C)(C)C)cc(C(C)(C)C)c2)c(O)c(-c2cc(C)cc(-c3cc(C)cc(-c4cc(C(C)(C)C)cc(C(C)(C)C)c4)c3O)c2OCCN(C)C)c1. The van der Waals surface area contributed by atoms with Gasteiger partial charge in [0.15, 0.2) is 0 Å². The third-order valence-corrected chi connectivity index (χ3v) is 11.1. The van der Waals surface area contributed by atoms with Gasteiger partial charge in [0, 0.05) is 39.9 Å². The molecule has 0 bridgehead atoms. The fraction of sp³-hybridized carbons (Fsp3) is 0.434. The van der Waals surface area contributed by atoms with Crippen molar-refractivity contribution in [2.45, 2.75) is 126 Å². The van der Waals surface area contributed by atoms with E-state index in [0.29, 0.717) is 30.0 Å². The van der Waals surface area contributed by atoms with E-state index in [-0.39, 0.29) is 33.2 Å². The van der Waals surface area contributed by atoms with Gasteiger partial charge >= 0.3 is 0 Å². The maximum Gasteiger partial charge on any atom is 0.135 e. The highest BCUT2D eigenvalue weighted by Gasteiger charge is 2.27. The van der Waals surface area contributed by atoms with Gasteiger partial charge < -0.3 is 19.8 Å². The molecule has 0 heterocycles. The first-order valence-electron chi connectivity index (χ1n) is 20.6. The van der Waals surface area contributed by atoms with Gasteiger partial charge in [-0.2, -0.15) is 0 Å². The molecular formula is C53H69NO3. The number of aryl methyl sites for hydroxylation is 3. The highest BCUT2D eigenvalue weighted by Crippen LogP contribution is 2.50. The van der Waals surface area contributed by atoms with Gasteiger partial charge in [0.1, 0.15) is 23.9 Å². The van der Waals surface area contributed by atoms with Crippen LogP contribution in [0.15, 0.2) is 72.8 Å². The molecule has 4 nitrogen and oxygen atoms in total. The first-order chi connectivity index (χ1) is 26.1. The van der Waals surface area contributed by atoms with Gasteiger partial charge in [-0.1, -0.05) is 119 Å². The van der Waals surface area contributed by atoms with E-state index in [4.69, 9.17) is 4.74 Å². The van der Waals surface area contributed by atoms with Crippen LogP contribution in [0.1, 0.15) is 122 Å². The normalized spacial score (nSPS) is 12.7. The second-order valence-electron chi connectivity index (χ2n) is 20.9. The summed E-state index contributed by atoms with van der Waals surface area (Å²) in [6.45, 7) is 34.2. The highest BCUT2D eigenvalue weighted by molar-refractivity contribution is 5.93. The molecule has 4 heteroatoms. The third kappa shape index (κ3) is 9.78. The standard InChI is InChI=1S/C53H69NO3/c1-32-20-41(35-26-37(50(4,5)6)30-38(27-35)51(7,8)9)47(55)43(22-32)45-24-34(3)25-46(49(45)57-19-18-54(16)17)44-23-33(2)21-42(48(44)56)36-28-39(52(10,11)12)31-40(29-36)53(13,14)15/h20-31,55-56H,18-19H2,1-17H3. The molecule has 5 rings (SSSR count). The number of hydrogen-bond donors (Lipinski definition) is 2. The summed E-state index contributed by atoms with van der Waals surface area (Å²) in [6.07, 6.45) is 0. The number of phenols is 2. The van der Waals surface area contributed by atoms with Crippen molar-refractivity contribution in [3.05, 3.63) is 112 Å². The van der Waals surface area contributed by atoms with Crippen molar-refractivity contribution in [3.8, 4) is 61.8 Å². The lowest BCUT2D eigenvalue weighted by molar-refractivity contribution is 0.263. The molecule has 0 unspecified atom stereocenters. The summed E-state index contributed by atoms with van der Waals surface area (Å²) in [5, 5.41) is 24.9. The minimum Gasteiger partial charge on any atom is -0.507 e. The summed E-state index contributed by atoms with van der Waals surface area (Å²) in [4.78, 5) is 2.10. The Labute approximate surface area is 345 Å². The molecule has 5 aromatic rings. The Morgan fingerprint density at radius 1 is 0.421 bits per heavy atom. The molecule has 0 aliphatic rings. The second-order valence-corrected chi connectivity index (χ2v) is 20.9. The van der Waals surface area contributed by atoms with Crippen LogP contribution in [0, 0.1) is 20.8 Å². The predicted molar refractivity (Wildman–Crippen MR) is 245 cm³/mol. The van der Waals surface area contributed by atoms with Gasteiger partial charge in [0.2, 0.25) is 0 Å². The predicted octanol–water partition coefficient (Wildman–Crippen LogP) is 13.8. The molecule has 57 heavy (non-hydrogen) atoms. The van der Waals surface area contributed by atoms with Crippen LogP contribution in [0.25, 0.3) is 44.5 Å². The Balaban J connectivity index is 1.82. The summed E-state index contributed by atoms with van der Waals surface area (Å²) >= 11 is 0. The van der Waals surface area contributed by atoms with E-state index in [9.17, 15) is 10.2 Å². The van der Waals surface area contributed by atoms with Gasteiger partial charge in [-0.15, -0.1) is 0 Å². The Morgan fingerprint density at radius 3 is 0.982 bits per heavy atom. The molecule has 0 atom stereocenters. The van der Waals surface area contributed by atoms with Crippen LogP contribution >= 0.6 is 0 Å². The van der Waals surface area contributed by atoms with E-state index in [1.54, 1.807) is 0 Å². The topological polar surface area (TPSA) is 52.9 Å². The largest absolute Gasteiger partial charge is 0.507 e. The van der Waals surface area contributed by atoms with Crippen molar-refractivity contribution in [2.24, 2.45) is 0 Å². The van der Waals surface area contributed by atoms with Crippen molar-refractivity contribution in [1.29, 1.82) is 0 Å². The first kappa shape index (κ1) is 43.6. The van der Waals surface area contributed by atoms with Crippen LogP contribution in [0.5, 0.6) is 17.2 Å². The lowest BCUT2D eigenvalue weighted by atomic mass is 9.78. The Bertz CT molecular complexity index is 2060. The summed E-state index contributed by atoms with van der Waals surface area (Å²) in [7, 11) is 4.07. The molecule has 0 fully saturated rings. The molecule has 0 aliphatic carbocycles. The minimum atomic E-state index is -0.0752. The number of ether oxygens (including phenoxy) is 1. The summed E-state index contributed by atoms with van der Waals surface area (Å²) in [5.41, 5.74) is 14.2. The van der Waals surface area contributed by atoms with Crippen molar-refractivity contribution in [1.82, 2.24) is 4.90 Å². The van der Waals surface area contributed by atoms with E-state index >= 15 is 0 Å². The van der Waals surface area contributed by atoms with Crippen LogP contribution in [-0.4, -0.2) is 42.4 Å². The van der Waals surface area contributed by atoms with E-state index in [2.05, 4.69) is 182 Å². The highest BCUT2D eigenvalue weighted by atomic mass is 16.5.